The number of hydrogen-bond acceptors (Lipinski definition) is 4. The van der Waals surface area contributed by atoms with Crippen LogP contribution in [0.25, 0.3) is 0 Å². The SMILES string of the molecule is CC(=O)N(CC(=O)Nc1ccccc1C(C)(C)C)c1cc(C)on1. The summed E-state index contributed by atoms with van der Waals surface area (Å²) in [5.74, 6) is 0.346. The minimum atomic E-state index is -0.289. The third kappa shape index (κ3) is 4.22. The number of rotatable bonds is 4. The van der Waals surface area contributed by atoms with Crippen LogP contribution in [-0.2, 0) is 15.0 Å². The molecule has 0 aliphatic carbocycles. The van der Waals surface area contributed by atoms with E-state index in [-0.39, 0.29) is 23.8 Å². The van der Waals surface area contributed by atoms with Gasteiger partial charge in [0, 0.05) is 18.7 Å². The van der Waals surface area contributed by atoms with Crippen LogP contribution in [0.2, 0.25) is 0 Å². The Labute approximate surface area is 141 Å². The molecule has 2 amide bonds. The van der Waals surface area contributed by atoms with Gasteiger partial charge in [-0.25, -0.2) is 0 Å². The van der Waals surface area contributed by atoms with Crippen molar-refractivity contribution in [3.63, 3.8) is 0 Å². The van der Waals surface area contributed by atoms with Gasteiger partial charge in [-0.05, 0) is 24.0 Å². The molecule has 1 heterocycles. The molecule has 0 aliphatic rings. The number of nitrogens with one attached hydrogen (secondary N) is 1. The van der Waals surface area contributed by atoms with E-state index in [0.717, 1.165) is 11.3 Å². The van der Waals surface area contributed by atoms with Gasteiger partial charge in [-0.3, -0.25) is 14.5 Å². The van der Waals surface area contributed by atoms with Crippen molar-refractivity contribution in [1.82, 2.24) is 5.16 Å². The van der Waals surface area contributed by atoms with Crippen molar-refractivity contribution >= 4 is 23.3 Å². The summed E-state index contributed by atoms with van der Waals surface area (Å²) in [5, 5.41) is 6.69. The van der Waals surface area contributed by atoms with Crippen molar-refractivity contribution in [2.24, 2.45) is 0 Å². The van der Waals surface area contributed by atoms with Gasteiger partial charge in [-0.15, -0.1) is 0 Å². The lowest BCUT2D eigenvalue weighted by Crippen LogP contribution is -2.37. The predicted octanol–water partition coefficient (Wildman–Crippen LogP) is 3.27. The molecular weight excluding hydrogens is 306 g/mol. The van der Waals surface area contributed by atoms with Gasteiger partial charge in [0.25, 0.3) is 0 Å². The zero-order chi connectivity index (χ0) is 17.9. The number of anilines is 2. The van der Waals surface area contributed by atoms with Crippen LogP contribution in [0, 0.1) is 6.92 Å². The molecule has 2 aromatic rings. The molecule has 1 N–H and O–H groups in total. The molecule has 2 rings (SSSR count). The Morgan fingerprint density at radius 2 is 1.92 bits per heavy atom. The lowest BCUT2D eigenvalue weighted by Gasteiger charge is -2.24. The zero-order valence-electron chi connectivity index (χ0n) is 14.7. The Bertz CT molecular complexity index is 744. The van der Waals surface area contributed by atoms with E-state index in [0.29, 0.717) is 11.6 Å². The molecule has 0 saturated carbocycles. The molecule has 0 unspecified atom stereocenters. The second kappa shape index (κ2) is 6.86. The summed E-state index contributed by atoms with van der Waals surface area (Å²) in [6.45, 7) is 9.24. The number of aryl methyl sites for hydroxylation is 1. The molecular formula is C18H23N3O3. The second-order valence-corrected chi connectivity index (χ2v) is 6.74. The maximum atomic E-state index is 12.4. The molecule has 0 saturated heterocycles. The third-order valence-corrected chi connectivity index (χ3v) is 3.58. The van der Waals surface area contributed by atoms with Crippen LogP contribution >= 0.6 is 0 Å². The fourth-order valence-electron chi connectivity index (χ4n) is 2.41. The van der Waals surface area contributed by atoms with Crippen molar-refractivity contribution in [1.29, 1.82) is 0 Å². The first-order valence-corrected chi connectivity index (χ1v) is 7.79. The van der Waals surface area contributed by atoms with Crippen LogP contribution in [0.3, 0.4) is 0 Å². The van der Waals surface area contributed by atoms with E-state index >= 15 is 0 Å². The molecule has 1 aromatic carbocycles. The highest BCUT2D eigenvalue weighted by Gasteiger charge is 2.22. The summed E-state index contributed by atoms with van der Waals surface area (Å²) < 4.78 is 4.98. The number of para-hydroxylation sites is 1. The number of hydrogen-bond donors (Lipinski definition) is 1. The highest BCUT2D eigenvalue weighted by molar-refractivity contribution is 6.01. The highest BCUT2D eigenvalue weighted by Crippen LogP contribution is 2.29. The van der Waals surface area contributed by atoms with Gasteiger partial charge in [-0.2, -0.15) is 0 Å². The summed E-state index contributed by atoms with van der Waals surface area (Å²) in [6, 6.07) is 9.28. The lowest BCUT2D eigenvalue weighted by atomic mass is 9.86. The van der Waals surface area contributed by atoms with E-state index in [9.17, 15) is 9.59 Å². The Morgan fingerprint density at radius 3 is 2.46 bits per heavy atom. The highest BCUT2D eigenvalue weighted by atomic mass is 16.5. The van der Waals surface area contributed by atoms with E-state index in [2.05, 4.69) is 31.2 Å². The number of nitrogens with zero attached hydrogens (tertiary/aromatic N) is 2. The first-order valence-electron chi connectivity index (χ1n) is 7.79. The maximum absolute atomic E-state index is 12.4. The largest absolute Gasteiger partial charge is 0.360 e. The molecule has 6 nitrogen and oxygen atoms in total. The van der Waals surface area contributed by atoms with E-state index in [1.807, 2.05) is 24.3 Å². The van der Waals surface area contributed by atoms with Gasteiger partial charge in [0.15, 0.2) is 5.82 Å². The zero-order valence-corrected chi connectivity index (χ0v) is 14.7. The number of benzene rings is 1. The predicted molar refractivity (Wildman–Crippen MR) is 93.0 cm³/mol. The first kappa shape index (κ1) is 17.7. The van der Waals surface area contributed by atoms with Gasteiger partial charge >= 0.3 is 0 Å². The summed E-state index contributed by atoms with van der Waals surface area (Å²) >= 11 is 0. The van der Waals surface area contributed by atoms with Crippen molar-refractivity contribution < 1.29 is 14.1 Å². The molecule has 0 radical (unpaired) electrons. The Morgan fingerprint density at radius 1 is 1.25 bits per heavy atom. The number of carbonyl (C=O) groups is 2. The standard InChI is InChI=1S/C18H23N3O3/c1-12-10-16(20-24-12)21(13(2)22)11-17(23)19-15-9-7-6-8-14(15)18(3,4)5/h6-10H,11H2,1-5H3,(H,19,23). The van der Waals surface area contributed by atoms with Crippen LogP contribution in [0.1, 0.15) is 39.0 Å². The van der Waals surface area contributed by atoms with Crippen molar-refractivity contribution in [2.75, 3.05) is 16.8 Å². The number of amides is 2. The summed E-state index contributed by atoms with van der Waals surface area (Å²) in [5.41, 5.74) is 1.67. The van der Waals surface area contributed by atoms with Crippen LogP contribution in [0.15, 0.2) is 34.9 Å². The van der Waals surface area contributed by atoms with E-state index in [1.54, 1.807) is 13.0 Å². The van der Waals surface area contributed by atoms with E-state index in [4.69, 9.17) is 4.52 Å². The molecule has 0 spiro atoms. The average molecular weight is 329 g/mol. The topological polar surface area (TPSA) is 75.4 Å². The smallest absolute Gasteiger partial charge is 0.244 e. The first-order chi connectivity index (χ1) is 11.2. The second-order valence-electron chi connectivity index (χ2n) is 6.74. The molecule has 24 heavy (non-hydrogen) atoms. The van der Waals surface area contributed by atoms with Crippen LogP contribution in [-0.4, -0.2) is 23.5 Å². The van der Waals surface area contributed by atoms with Gasteiger partial charge < -0.3 is 9.84 Å². The summed E-state index contributed by atoms with van der Waals surface area (Å²) in [6.07, 6.45) is 0. The van der Waals surface area contributed by atoms with Crippen LogP contribution in [0.5, 0.6) is 0 Å². The Balaban J connectivity index is 2.17. The average Bonchev–Trinajstić information content (AvgIpc) is 2.90. The lowest BCUT2D eigenvalue weighted by molar-refractivity contribution is -0.120. The fraction of sp³-hybridized carbons (Fsp3) is 0.389. The summed E-state index contributed by atoms with van der Waals surface area (Å²) in [4.78, 5) is 25.5. The van der Waals surface area contributed by atoms with Crippen molar-refractivity contribution in [3.8, 4) is 0 Å². The van der Waals surface area contributed by atoms with Crippen LogP contribution in [0.4, 0.5) is 11.5 Å². The molecule has 0 aliphatic heterocycles. The normalized spacial score (nSPS) is 11.2. The van der Waals surface area contributed by atoms with Crippen molar-refractivity contribution in [2.45, 2.75) is 40.0 Å². The Hall–Kier alpha value is -2.63. The van der Waals surface area contributed by atoms with Gasteiger partial charge in [0.1, 0.15) is 12.3 Å². The van der Waals surface area contributed by atoms with Crippen molar-refractivity contribution in [3.05, 3.63) is 41.7 Å². The molecule has 0 bridgehead atoms. The fourth-order valence-corrected chi connectivity index (χ4v) is 2.41. The quantitative estimate of drug-likeness (QED) is 0.934. The Kier molecular flexibility index (Phi) is 5.07. The maximum Gasteiger partial charge on any atom is 0.244 e. The van der Waals surface area contributed by atoms with Gasteiger partial charge in [0.05, 0.1) is 0 Å². The molecule has 0 atom stereocenters. The molecule has 128 valence electrons. The molecule has 6 heteroatoms. The van der Waals surface area contributed by atoms with E-state index < -0.39 is 0 Å². The third-order valence-electron chi connectivity index (χ3n) is 3.58. The van der Waals surface area contributed by atoms with E-state index in [1.165, 1.54) is 11.8 Å². The number of aromatic nitrogens is 1. The number of carbonyl (C=O) groups excluding carboxylic acids is 2. The van der Waals surface area contributed by atoms with Gasteiger partial charge in [0.2, 0.25) is 11.8 Å². The summed E-state index contributed by atoms with van der Waals surface area (Å²) in [7, 11) is 0. The minimum absolute atomic E-state index is 0.104. The molecule has 1 aromatic heterocycles. The monoisotopic (exact) mass is 329 g/mol. The van der Waals surface area contributed by atoms with Crippen LogP contribution < -0.4 is 10.2 Å². The minimum Gasteiger partial charge on any atom is -0.360 e. The molecule has 0 fully saturated rings. The van der Waals surface area contributed by atoms with Gasteiger partial charge in [-0.1, -0.05) is 44.1 Å².